The van der Waals surface area contributed by atoms with Crippen molar-refractivity contribution in [2.45, 2.75) is 46.2 Å². The fraction of sp³-hybridized carbons (Fsp3) is 0.533. The molecule has 0 unspecified atom stereocenters. The summed E-state index contributed by atoms with van der Waals surface area (Å²) >= 11 is 0. The van der Waals surface area contributed by atoms with Crippen LogP contribution in [0.2, 0.25) is 0 Å². The number of benzene rings is 1. The molecule has 0 bridgehead atoms. The lowest BCUT2D eigenvalue weighted by molar-refractivity contribution is 0.234. The van der Waals surface area contributed by atoms with E-state index in [2.05, 4.69) is 10.6 Å². The molecule has 0 aliphatic carbocycles. The Bertz CT molecular complexity index is 407. The van der Waals surface area contributed by atoms with Gasteiger partial charge < -0.3 is 15.4 Å². The first kappa shape index (κ1) is 15.3. The van der Waals surface area contributed by atoms with Gasteiger partial charge in [0.15, 0.2) is 0 Å². The fourth-order valence-electron chi connectivity index (χ4n) is 1.77. The predicted octanol–water partition coefficient (Wildman–Crippen LogP) is 3.24. The molecule has 2 amide bonds. The first-order chi connectivity index (χ1) is 9.08. The van der Waals surface area contributed by atoms with Gasteiger partial charge in [-0.25, -0.2) is 4.79 Å². The largest absolute Gasteiger partial charge is 0.494 e. The van der Waals surface area contributed by atoms with Gasteiger partial charge in [-0.3, -0.25) is 0 Å². The summed E-state index contributed by atoms with van der Waals surface area (Å²) in [7, 11) is 0. The van der Waals surface area contributed by atoms with E-state index in [0.29, 0.717) is 6.61 Å². The molecule has 0 spiro atoms. The van der Waals surface area contributed by atoms with Crippen molar-refractivity contribution in [1.29, 1.82) is 0 Å². The van der Waals surface area contributed by atoms with Crippen molar-refractivity contribution in [3.05, 3.63) is 29.8 Å². The summed E-state index contributed by atoms with van der Waals surface area (Å²) in [6, 6.07) is 7.71. The second-order valence-corrected chi connectivity index (χ2v) is 4.62. The van der Waals surface area contributed by atoms with Crippen LogP contribution in [0.1, 0.15) is 45.7 Å². The summed E-state index contributed by atoms with van der Waals surface area (Å²) in [5.41, 5.74) is 0.989. The molecule has 0 saturated carbocycles. The van der Waals surface area contributed by atoms with Gasteiger partial charge in [-0.1, -0.05) is 25.1 Å². The third-order valence-electron chi connectivity index (χ3n) is 3.02. The summed E-state index contributed by atoms with van der Waals surface area (Å²) < 4.78 is 5.57. The highest BCUT2D eigenvalue weighted by molar-refractivity contribution is 5.74. The van der Waals surface area contributed by atoms with Crippen LogP contribution >= 0.6 is 0 Å². The van der Waals surface area contributed by atoms with E-state index in [4.69, 9.17) is 4.74 Å². The average Bonchev–Trinajstić information content (AvgIpc) is 2.39. The lowest BCUT2D eigenvalue weighted by atomic mass is 10.1. The molecule has 0 fully saturated rings. The Hall–Kier alpha value is -1.71. The summed E-state index contributed by atoms with van der Waals surface area (Å²) in [5.74, 6) is 0.821. The first-order valence-corrected chi connectivity index (χ1v) is 6.87. The molecule has 0 radical (unpaired) electrons. The second-order valence-electron chi connectivity index (χ2n) is 4.62. The molecule has 1 aromatic carbocycles. The molecule has 2 atom stereocenters. The number of carbonyl (C=O) groups excluding carboxylic acids is 1. The minimum Gasteiger partial charge on any atom is -0.494 e. The third kappa shape index (κ3) is 4.81. The molecular formula is C15H24N2O2. The standard InChI is InChI=1S/C15H24N2O2/c1-5-11(3)16-15(18)17-12(4)13-9-7-8-10-14(13)19-6-2/h7-12H,5-6H2,1-4H3,(H2,16,17,18)/t11-,12+/m0/s1. The van der Waals surface area contributed by atoms with Crippen molar-refractivity contribution < 1.29 is 9.53 Å². The van der Waals surface area contributed by atoms with Gasteiger partial charge in [0.25, 0.3) is 0 Å². The van der Waals surface area contributed by atoms with Crippen LogP contribution in [0.3, 0.4) is 0 Å². The van der Waals surface area contributed by atoms with E-state index >= 15 is 0 Å². The number of hydrogen-bond donors (Lipinski definition) is 2. The van der Waals surface area contributed by atoms with E-state index in [0.717, 1.165) is 17.7 Å². The Morgan fingerprint density at radius 1 is 1.21 bits per heavy atom. The van der Waals surface area contributed by atoms with E-state index in [-0.39, 0.29) is 18.1 Å². The smallest absolute Gasteiger partial charge is 0.315 e. The highest BCUT2D eigenvalue weighted by Crippen LogP contribution is 2.24. The van der Waals surface area contributed by atoms with E-state index < -0.39 is 0 Å². The Morgan fingerprint density at radius 2 is 1.89 bits per heavy atom. The van der Waals surface area contributed by atoms with E-state index in [1.807, 2.05) is 52.0 Å². The molecule has 4 heteroatoms. The van der Waals surface area contributed by atoms with Crippen molar-refractivity contribution in [3.63, 3.8) is 0 Å². The van der Waals surface area contributed by atoms with Crippen molar-refractivity contribution >= 4 is 6.03 Å². The molecule has 0 aliphatic rings. The van der Waals surface area contributed by atoms with Gasteiger partial charge in [0.1, 0.15) is 5.75 Å². The number of nitrogens with one attached hydrogen (secondary N) is 2. The van der Waals surface area contributed by atoms with Crippen LogP contribution in [-0.4, -0.2) is 18.7 Å². The maximum absolute atomic E-state index is 11.8. The molecule has 0 heterocycles. The van der Waals surface area contributed by atoms with Crippen molar-refractivity contribution in [3.8, 4) is 5.75 Å². The van der Waals surface area contributed by atoms with Gasteiger partial charge in [-0.2, -0.15) is 0 Å². The van der Waals surface area contributed by atoms with Crippen LogP contribution in [0, 0.1) is 0 Å². The lowest BCUT2D eigenvalue weighted by Gasteiger charge is -2.19. The Morgan fingerprint density at radius 3 is 2.53 bits per heavy atom. The Labute approximate surface area is 115 Å². The summed E-state index contributed by atoms with van der Waals surface area (Å²) in [4.78, 5) is 11.8. The third-order valence-corrected chi connectivity index (χ3v) is 3.02. The van der Waals surface area contributed by atoms with Crippen molar-refractivity contribution in [2.75, 3.05) is 6.61 Å². The molecular weight excluding hydrogens is 240 g/mol. The maximum Gasteiger partial charge on any atom is 0.315 e. The van der Waals surface area contributed by atoms with Gasteiger partial charge in [0, 0.05) is 11.6 Å². The number of carbonyl (C=O) groups is 1. The topological polar surface area (TPSA) is 50.4 Å². The fourth-order valence-corrected chi connectivity index (χ4v) is 1.77. The SMILES string of the molecule is CCOc1ccccc1[C@@H](C)NC(=O)N[C@@H](C)CC. The van der Waals surface area contributed by atoms with Crippen LogP contribution < -0.4 is 15.4 Å². The first-order valence-electron chi connectivity index (χ1n) is 6.87. The van der Waals surface area contributed by atoms with Gasteiger partial charge in [0.2, 0.25) is 0 Å². The molecule has 106 valence electrons. The van der Waals surface area contributed by atoms with E-state index in [1.165, 1.54) is 0 Å². The molecule has 0 aromatic heterocycles. The van der Waals surface area contributed by atoms with Crippen molar-refractivity contribution in [2.24, 2.45) is 0 Å². The zero-order valence-corrected chi connectivity index (χ0v) is 12.2. The lowest BCUT2D eigenvalue weighted by Crippen LogP contribution is -2.41. The van der Waals surface area contributed by atoms with Crippen LogP contribution in [0.15, 0.2) is 24.3 Å². The normalized spacial score (nSPS) is 13.5. The van der Waals surface area contributed by atoms with Crippen molar-refractivity contribution in [1.82, 2.24) is 10.6 Å². The number of urea groups is 1. The molecule has 0 saturated heterocycles. The predicted molar refractivity (Wildman–Crippen MR) is 77.4 cm³/mol. The molecule has 4 nitrogen and oxygen atoms in total. The maximum atomic E-state index is 11.8. The number of amides is 2. The highest BCUT2D eigenvalue weighted by Gasteiger charge is 2.14. The average molecular weight is 264 g/mol. The van der Waals surface area contributed by atoms with E-state index in [9.17, 15) is 4.79 Å². The molecule has 1 aromatic rings. The minimum absolute atomic E-state index is 0.0909. The Balaban J connectivity index is 2.67. The number of ether oxygens (including phenoxy) is 1. The molecule has 2 N–H and O–H groups in total. The van der Waals surface area contributed by atoms with E-state index in [1.54, 1.807) is 0 Å². The number of hydrogen-bond acceptors (Lipinski definition) is 2. The number of para-hydroxylation sites is 1. The van der Waals surface area contributed by atoms with Gasteiger partial charge >= 0.3 is 6.03 Å². The minimum atomic E-state index is -0.145. The molecule has 19 heavy (non-hydrogen) atoms. The van der Waals surface area contributed by atoms with Crippen LogP contribution in [0.25, 0.3) is 0 Å². The summed E-state index contributed by atoms with van der Waals surface area (Å²) in [5, 5.41) is 5.82. The van der Waals surface area contributed by atoms with Crippen LogP contribution in [0.4, 0.5) is 4.79 Å². The molecule has 0 aliphatic heterocycles. The zero-order chi connectivity index (χ0) is 14.3. The quantitative estimate of drug-likeness (QED) is 0.828. The van der Waals surface area contributed by atoms with Gasteiger partial charge in [-0.05, 0) is 33.3 Å². The zero-order valence-electron chi connectivity index (χ0n) is 12.2. The van der Waals surface area contributed by atoms with Gasteiger partial charge in [-0.15, -0.1) is 0 Å². The van der Waals surface area contributed by atoms with Gasteiger partial charge in [0.05, 0.1) is 12.6 Å². The molecule has 1 rings (SSSR count). The number of rotatable bonds is 6. The van der Waals surface area contributed by atoms with Crippen LogP contribution in [0.5, 0.6) is 5.75 Å². The van der Waals surface area contributed by atoms with Crippen LogP contribution in [-0.2, 0) is 0 Å². The Kier molecular flexibility index (Phi) is 6.19. The summed E-state index contributed by atoms with van der Waals surface area (Å²) in [6.07, 6.45) is 0.914. The highest BCUT2D eigenvalue weighted by atomic mass is 16.5. The monoisotopic (exact) mass is 264 g/mol. The second kappa shape index (κ2) is 7.67. The summed E-state index contributed by atoms with van der Waals surface area (Å²) in [6.45, 7) is 8.54.